The Bertz CT molecular complexity index is 1120. The van der Waals surface area contributed by atoms with Crippen molar-refractivity contribution in [3.8, 4) is 11.5 Å². The molecule has 3 heterocycles. The maximum absolute atomic E-state index is 12.4. The normalized spacial score (nSPS) is 10.7. The van der Waals surface area contributed by atoms with Crippen molar-refractivity contribution in [1.82, 2.24) is 25.6 Å². The van der Waals surface area contributed by atoms with Crippen LogP contribution in [-0.2, 0) is 0 Å². The predicted octanol–water partition coefficient (Wildman–Crippen LogP) is 1.62. The number of nitrogens with one attached hydrogen (secondary N) is 2. The third-order valence-electron chi connectivity index (χ3n) is 3.45. The summed E-state index contributed by atoms with van der Waals surface area (Å²) in [6.45, 7) is 0. The van der Waals surface area contributed by atoms with E-state index in [1.807, 2.05) is 0 Å². The largest absolute Gasteiger partial charge is 0.422 e. The van der Waals surface area contributed by atoms with Crippen LogP contribution in [0.1, 0.15) is 10.4 Å². The number of fused-ring (bicyclic) bond motifs is 1. The fourth-order valence-corrected chi connectivity index (χ4v) is 2.30. The molecule has 9 heteroatoms. The lowest BCUT2D eigenvalue weighted by molar-refractivity contribution is 0.102. The average Bonchev–Trinajstić information content (AvgIpc) is 3.16. The predicted molar refractivity (Wildman–Crippen MR) is 87.8 cm³/mol. The number of hydrogen-bond acceptors (Lipinski definition) is 7. The zero-order valence-electron chi connectivity index (χ0n) is 12.6. The lowest BCUT2D eigenvalue weighted by Crippen LogP contribution is -2.21. The minimum atomic E-state index is -0.717. The summed E-state index contributed by atoms with van der Waals surface area (Å²) in [5.41, 5.74) is 0.0226. The highest BCUT2D eigenvalue weighted by Gasteiger charge is 2.15. The van der Waals surface area contributed by atoms with Crippen LogP contribution < -0.4 is 10.9 Å². The number of para-hydroxylation sites is 1. The average molecular weight is 334 g/mol. The summed E-state index contributed by atoms with van der Waals surface area (Å²) < 4.78 is 5.17. The number of rotatable bonds is 3. The van der Waals surface area contributed by atoms with Crippen LogP contribution in [0.15, 0.2) is 57.7 Å². The van der Waals surface area contributed by atoms with E-state index in [1.54, 1.807) is 42.5 Å². The number of carbonyl (C=O) groups is 1. The number of amides is 1. The van der Waals surface area contributed by atoms with Crippen LogP contribution in [0.2, 0.25) is 0 Å². The molecular weight excluding hydrogens is 324 g/mol. The third-order valence-corrected chi connectivity index (χ3v) is 3.45. The van der Waals surface area contributed by atoms with Gasteiger partial charge in [-0.25, -0.2) is 9.78 Å². The summed E-state index contributed by atoms with van der Waals surface area (Å²) in [7, 11) is 0. The van der Waals surface area contributed by atoms with Gasteiger partial charge in [0.1, 0.15) is 22.7 Å². The SMILES string of the molecule is O=C(Nc1cccc(-c2nn[nH]n2)n1)c1cc2ccccc2oc1=O. The molecule has 9 nitrogen and oxygen atoms in total. The number of hydrogen-bond donors (Lipinski definition) is 2. The fourth-order valence-electron chi connectivity index (χ4n) is 2.30. The molecule has 0 radical (unpaired) electrons. The first-order valence-corrected chi connectivity index (χ1v) is 7.26. The van der Waals surface area contributed by atoms with E-state index < -0.39 is 11.5 Å². The first-order valence-electron chi connectivity index (χ1n) is 7.26. The molecule has 0 fully saturated rings. The van der Waals surface area contributed by atoms with Gasteiger partial charge in [-0.2, -0.15) is 5.21 Å². The van der Waals surface area contributed by atoms with E-state index in [9.17, 15) is 9.59 Å². The molecule has 0 unspecified atom stereocenters. The molecule has 0 aliphatic heterocycles. The molecular formula is C16H10N6O3. The van der Waals surface area contributed by atoms with E-state index in [0.29, 0.717) is 22.5 Å². The van der Waals surface area contributed by atoms with Crippen LogP contribution in [0, 0.1) is 0 Å². The van der Waals surface area contributed by atoms with Gasteiger partial charge in [0.2, 0.25) is 5.82 Å². The number of aromatic nitrogens is 5. The Balaban J connectivity index is 1.65. The summed E-state index contributed by atoms with van der Waals surface area (Å²) in [5.74, 6) is -0.0709. The molecule has 0 aliphatic rings. The molecule has 3 aromatic heterocycles. The Morgan fingerprint density at radius 3 is 2.84 bits per heavy atom. The second-order valence-electron chi connectivity index (χ2n) is 5.08. The third kappa shape index (κ3) is 2.85. The van der Waals surface area contributed by atoms with Crippen LogP contribution in [-0.4, -0.2) is 31.5 Å². The lowest BCUT2D eigenvalue weighted by Gasteiger charge is -2.05. The number of aromatic amines is 1. The topological polar surface area (TPSA) is 127 Å². The van der Waals surface area contributed by atoms with E-state index in [-0.39, 0.29) is 11.4 Å². The number of benzene rings is 1. The highest BCUT2D eigenvalue weighted by molar-refractivity contribution is 6.05. The Morgan fingerprint density at radius 2 is 2.00 bits per heavy atom. The van der Waals surface area contributed by atoms with Crippen molar-refractivity contribution in [2.45, 2.75) is 0 Å². The molecule has 122 valence electrons. The number of tetrazole rings is 1. The number of pyridine rings is 1. The van der Waals surface area contributed by atoms with Gasteiger partial charge in [-0.05, 0) is 29.5 Å². The molecule has 4 rings (SSSR count). The second-order valence-corrected chi connectivity index (χ2v) is 5.08. The summed E-state index contributed by atoms with van der Waals surface area (Å²) in [6, 6.07) is 13.4. The van der Waals surface area contributed by atoms with E-state index in [4.69, 9.17) is 4.42 Å². The smallest absolute Gasteiger partial charge is 0.349 e. The first kappa shape index (κ1) is 14.7. The van der Waals surface area contributed by atoms with Crippen molar-refractivity contribution < 1.29 is 9.21 Å². The van der Waals surface area contributed by atoms with E-state index in [2.05, 4.69) is 30.9 Å². The number of H-pyrrole nitrogens is 1. The Morgan fingerprint density at radius 1 is 1.12 bits per heavy atom. The van der Waals surface area contributed by atoms with Crippen LogP contribution in [0.25, 0.3) is 22.5 Å². The molecule has 0 saturated heterocycles. The summed E-state index contributed by atoms with van der Waals surface area (Å²) in [6.07, 6.45) is 0. The zero-order chi connectivity index (χ0) is 17.2. The van der Waals surface area contributed by atoms with Crippen LogP contribution in [0.4, 0.5) is 5.82 Å². The van der Waals surface area contributed by atoms with Crippen molar-refractivity contribution in [1.29, 1.82) is 0 Å². The van der Waals surface area contributed by atoms with Crippen molar-refractivity contribution in [2.75, 3.05) is 5.32 Å². The van der Waals surface area contributed by atoms with Crippen molar-refractivity contribution >= 4 is 22.7 Å². The Hall–Kier alpha value is -3.88. The molecule has 0 spiro atoms. The van der Waals surface area contributed by atoms with Gasteiger partial charge in [-0.15, -0.1) is 10.2 Å². The summed E-state index contributed by atoms with van der Waals surface area (Å²) >= 11 is 0. The maximum Gasteiger partial charge on any atom is 0.349 e. The highest BCUT2D eigenvalue weighted by atomic mass is 16.4. The van der Waals surface area contributed by atoms with Crippen LogP contribution in [0.3, 0.4) is 0 Å². The minimum Gasteiger partial charge on any atom is -0.422 e. The molecule has 0 aliphatic carbocycles. The van der Waals surface area contributed by atoms with Gasteiger partial charge in [-0.1, -0.05) is 24.3 Å². The lowest BCUT2D eigenvalue weighted by atomic mass is 10.2. The monoisotopic (exact) mass is 334 g/mol. The van der Waals surface area contributed by atoms with Crippen molar-refractivity contribution in [2.24, 2.45) is 0 Å². The zero-order valence-corrected chi connectivity index (χ0v) is 12.6. The van der Waals surface area contributed by atoms with Crippen LogP contribution in [0.5, 0.6) is 0 Å². The van der Waals surface area contributed by atoms with Crippen LogP contribution >= 0.6 is 0 Å². The summed E-state index contributed by atoms with van der Waals surface area (Å²) in [4.78, 5) is 28.7. The molecule has 1 amide bonds. The minimum absolute atomic E-state index is 0.106. The van der Waals surface area contributed by atoms with E-state index >= 15 is 0 Å². The number of carbonyl (C=O) groups excluding carboxylic acids is 1. The van der Waals surface area contributed by atoms with Gasteiger partial charge in [0.25, 0.3) is 5.91 Å². The summed E-state index contributed by atoms with van der Waals surface area (Å²) in [5, 5.41) is 16.7. The maximum atomic E-state index is 12.4. The molecule has 25 heavy (non-hydrogen) atoms. The number of anilines is 1. The van der Waals surface area contributed by atoms with Crippen molar-refractivity contribution in [3.63, 3.8) is 0 Å². The molecule has 0 saturated carbocycles. The van der Waals surface area contributed by atoms with Gasteiger partial charge >= 0.3 is 5.63 Å². The van der Waals surface area contributed by atoms with Gasteiger partial charge in [0.05, 0.1) is 0 Å². The van der Waals surface area contributed by atoms with E-state index in [1.165, 1.54) is 6.07 Å². The Labute approximate surface area is 139 Å². The van der Waals surface area contributed by atoms with E-state index in [0.717, 1.165) is 0 Å². The molecule has 1 aromatic carbocycles. The molecule has 0 bridgehead atoms. The highest BCUT2D eigenvalue weighted by Crippen LogP contribution is 2.15. The fraction of sp³-hybridized carbons (Fsp3) is 0. The molecule has 4 aromatic rings. The van der Waals surface area contributed by atoms with Gasteiger partial charge < -0.3 is 9.73 Å². The molecule has 2 N–H and O–H groups in total. The molecule has 0 atom stereocenters. The first-order chi connectivity index (χ1) is 12.2. The Kier molecular flexibility index (Phi) is 3.51. The quantitative estimate of drug-likeness (QED) is 0.545. The second kappa shape index (κ2) is 5.96. The van der Waals surface area contributed by atoms with Crippen molar-refractivity contribution in [3.05, 3.63) is 64.5 Å². The number of nitrogens with zero attached hydrogens (tertiary/aromatic N) is 4. The van der Waals surface area contributed by atoms with Gasteiger partial charge in [0, 0.05) is 5.39 Å². The van der Waals surface area contributed by atoms with Gasteiger partial charge in [0.15, 0.2) is 0 Å². The van der Waals surface area contributed by atoms with Gasteiger partial charge in [-0.3, -0.25) is 4.79 Å². The standard InChI is InChI=1S/C16H10N6O3/c23-15(10-8-9-4-1-2-6-12(9)25-16(10)24)18-13-7-3-5-11(17-13)14-19-21-22-20-14/h1-8H,(H,17,18,23)(H,19,20,21,22).